The fourth-order valence-electron chi connectivity index (χ4n) is 2.86. The van der Waals surface area contributed by atoms with Crippen LogP contribution in [-0.4, -0.2) is 35.6 Å². The van der Waals surface area contributed by atoms with Crippen molar-refractivity contribution in [3.63, 3.8) is 0 Å². The van der Waals surface area contributed by atoms with E-state index in [4.69, 9.17) is 5.11 Å². The summed E-state index contributed by atoms with van der Waals surface area (Å²) in [5.41, 5.74) is 0. The maximum atomic E-state index is 12.0. The van der Waals surface area contributed by atoms with Crippen LogP contribution in [0.3, 0.4) is 0 Å². The van der Waals surface area contributed by atoms with Crippen LogP contribution >= 0.6 is 0 Å². The second kappa shape index (κ2) is 6.18. The second-order valence-electron chi connectivity index (χ2n) is 5.40. The molecule has 2 fully saturated rings. The highest BCUT2D eigenvalue weighted by molar-refractivity contribution is 5.82. The standard InChI is InChI=1S/C13H22N2O3/c16-12(11-3-1-2-8-14-11)15-10-6-4-9(5-7-10)13(17)18/h9-11,14H,1-8H2,(H,15,16)(H,17,18)/t9?,10?,11-/m0/s1. The average molecular weight is 254 g/mol. The average Bonchev–Trinajstić information content (AvgIpc) is 2.40. The van der Waals surface area contributed by atoms with E-state index in [1.165, 1.54) is 0 Å². The number of carboxylic acids is 1. The molecule has 0 aromatic carbocycles. The summed E-state index contributed by atoms with van der Waals surface area (Å²) in [5, 5.41) is 15.2. The number of aliphatic carboxylic acids is 1. The second-order valence-corrected chi connectivity index (χ2v) is 5.40. The molecule has 2 aliphatic rings. The molecule has 0 aromatic rings. The van der Waals surface area contributed by atoms with E-state index in [1.54, 1.807) is 0 Å². The van der Waals surface area contributed by atoms with Crippen LogP contribution in [0.4, 0.5) is 0 Å². The Morgan fingerprint density at radius 1 is 1.06 bits per heavy atom. The van der Waals surface area contributed by atoms with Gasteiger partial charge in [0.1, 0.15) is 0 Å². The number of carbonyl (C=O) groups excluding carboxylic acids is 1. The SMILES string of the molecule is O=C(O)C1CCC(NC(=O)[C@@H]2CCCCN2)CC1. The predicted octanol–water partition coefficient (Wildman–Crippen LogP) is 0.888. The van der Waals surface area contributed by atoms with Crippen LogP contribution in [0.5, 0.6) is 0 Å². The van der Waals surface area contributed by atoms with E-state index >= 15 is 0 Å². The van der Waals surface area contributed by atoms with Crippen LogP contribution in [0, 0.1) is 5.92 Å². The summed E-state index contributed by atoms with van der Waals surface area (Å²) >= 11 is 0. The molecule has 1 aliphatic carbocycles. The highest BCUT2D eigenvalue weighted by Gasteiger charge is 2.28. The van der Waals surface area contributed by atoms with Gasteiger partial charge >= 0.3 is 5.97 Å². The number of hydrogen-bond donors (Lipinski definition) is 3. The largest absolute Gasteiger partial charge is 0.481 e. The number of carbonyl (C=O) groups is 2. The van der Waals surface area contributed by atoms with E-state index in [2.05, 4.69) is 10.6 Å². The van der Waals surface area contributed by atoms with Crippen molar-refractivity contribution in [2.75, 3.05) is 6.54 Å². The van der Waals surface area contributed by atoms with E-state index in [1.807, 2.05) is 0 Å². The van der Waals surface area contributed by atoms with Gasteiger partial charge in [-0.2, -0.15) is 0 Å². The number of amides is 1. The molecule has 0 aromatic heterocycles. The molecular formula is C13H22N2O3. The molecule has 18 heavy (non-hydrogen) atoms. The number of nitrogens with one attached hydrogen (secondary N) is 2. The first-order valence-electron chi connectivity index (χ1n) is 6.93. The van der Waals surface area contributed by atoms with Gasteiger partial charge in [-0.05, 0) is 45.1 Å². The molecule has 1 saturated carbocycles. The van der Waals surface area contributed by atoms with Gasteiger partial charge in [0.25, 0.3) is 0 Å². The van der Waals surface area contributed by atoms with Crippen LogP contribution in [0.25, 0.3) is 0 Å². The Bertz CT molecular complexity index is 305. The van der Waals surface area contributed by atoms with Gasteiger partial charge < -0.3 is 15.7 Å². The lowest BCUT2D eigenvalue weighted by Gasteiger charge is -2.29. The minimum atomic E-state index is -0.700. The van der Waals surface area contributed by atoms with E-state index < -0.39 is 5.97 Å². The van der Waals surface area contributed by atoms with Crippen molar-refractivity contribution in [3.8, 4) is 0 Å². The smallest absolute Gasteiger partial charge is 0.306 e. The summed E-state index contributed by atoms with van der Waals surface area (Å²) in [6.07, 6.45) is 6.10. The number of carboxylic acid groups (broad SMARTS) is 1. The molecule has 0 unspecified atom stereocenters. The molecule has 2 rings (SSSR count). The summed E-state index contributed by atoms with van der Waals surface area (Å²) in [5.74, 6) is -0.826. The third-order valence-electron chi connectivity index (χ3n) is 4.05. The zero-order chi connectivity index (χ0) is 13.0. The van der Waals surface area contributed by atoms with Gasteiger partial charge in [-0.15, -0.1) is 0 Å². The van der Waals surface area contributed by atoms with Crippen LogP contribution in [-0.2, 0) is 9.59 Å². The van der Waals surface area contributed by atoms with Crippen molar-refractivity contribution >= 4 is 11.9 Å². The predicted molar refractivity (Wildman–Crippen MR) is 67.2 cm³/mol. The molecule has 102 valence electrons. The highest BCUT2D eigenvalue weighted by atomic mass is 16.4. The molecule has 5 heteroatoms. The van der Waals surface area contributed by atoms with Crippen LogP contribution in [0.15, 0.2) is 0 Å². The van der Waals surface area contributed by atoms with Crippen molar-refractivity contribution in [1.82, 2.24) is 10.6 Å². The van der Waals surface area contributed by atoms with Crippen LogP contribution < -0.4 is 10.6 Å². The first-order chi connectivity index (χ1) is 8.66. The summed E-state index contributed by atoms with van der Waals surface area (Å²) in [6, 6.07) is 0.118. The quantitative estimate of drug-likeness (QED) is 0.699. The van der Waals surface area contributed by atoms with Crippen molar-refractivity contribution in [2.45, 2.75) is 57.0 Å². The molecule has 1 heterocycles. The van der Waals surface area contributed by atoms with Gasteiger partial charge in [0.2, 0.25) is 5.91 Å². The number of rotatable bonds is 3. The Hall–Kier alpha value is -1.10. The summed E-state index contributed by atoms with van der Waals surface area (Å²) in [4.78, 5) is 22.8. The summed E-state index contributed by atoms with van der Waals surface area (Å²) < 4.78 is 0. The van der Waals surface area contributed by atoms with E-state index in [-0.39, 0.29) is 23.9 Å². The molecular weight excluding hydrogens is 232 g/mol. The third kappa shape index (κ3) is 3.45. The van der Waals surface area contributed by atoms with Crippen molar-refractivity contribution in [3.05, 3.63) is 0 Å². The molecule has 0 bridgehead atoms. The van der Waals surface area contributed by atoms with E-state index in [0.717, 1.165) is 38.6 Å². The van der Waals surface area contributed by atoms with Gasteiger partial charge in [0.05, 0.1) is 12.0 Å². The minimum Gasteiger partial charge on any atom is -0.481 e. The Morgan fingerprint density at radius 2 is 1.78 bits per heavy atom. The molecule has 0 radical (unpaired) electrons. The van der Waals surface area contributed by atoms with E-state index in [0.29, 0.717) is 12.8 Å². The lowest BCUT2D eigenvalue weighted by atomic mass is 9.86. The third-order valence-corrected chi connectivity index (χ3v) is 4.05. The van der Waals surface area contributed by atoms with Gasteiger partial charge in [-0.3, -0.25) is 9.59 Å². The van der Waals surface area contributed by atoms with E-state index in [9.17, 15) is 9.59 Å². The maximum absolute atomic E-state index is 12.0. The lowest BCUT2D eigenvalue weighted by Crippen LogP contribution is -2.50. The highest BCUT2D eigenvalue weighted by Crippen LogP contribution is 2.24. The first-order valence-corrected chi connectivity index (χ1v) is 6.93. The lowest BCUT2D eigenvalue weighted by molar-refractivity contribution is -0.142. The Balaban J connectivity index is 1.73. The number of piperidine rings is 1. The van der Waals surface area contributed by atoms with Crippen molar-refractivity contribution in [1.29, 1.82) is 0 Å². The van der Waals surface area contributed by atoms with Crippen LogP contribution in [0.2, 0.25) is 0 Å². The molecule has 1 aliphatic heterocycles. The molecule has 1 saturated heterocycles. The number of hydrogen-bond acceptors (Lipinski definition) is 3. The molecule has 1 amide bonds. The molecule has 3 N–H and O–H groups in total. The van der Waals surface area contributed by atoms with Gasteiger partial charge in [-0.1, -0.05) is 6.42 Å². The monoisotopic (exact) mass is 254 g/mol. The molecule has 0 spiro atoms. The van der Waals surface area contributed by atoms with Gasteiger partial charge in [0.15, 0.2) is 0 Å². The fraction of sp³-hybridized carbons (Fsp3) is 0.846. The maximum Gasteiger partial charge on any atom is 0.306 e. The zero-order valence-corrected chi connectivity index (χ0v) is 10.7. The van der Waals surface area contributed by atoms with Crippen molar-refractivity contribution < 1.29 is 14.7 Å². The Labute approximate surface area is 107 Å². The summed E-state index contributed by atoms with van der Waals surface area (Å²) in [6.45, 7) is 0.920. The Kier molecular flexibility index (Phi) is 4.58. The van der Waals surface area contributed by atoms with Crippen LogP contribution in [0.1, 0.15) is 44.9 Å². The fourth-order valence-corrected chi connectivity index (χ4v) is 2.86. The molecule has 5 nitrogen and oxygen atoms in total. The molecule has 1 atom stereocenters. The Morgan fingerprint density at radius 3 is 2.33 bits per heavy atom. The van der Waals surface area contributed by atoms with Gasteiger partial charge in [-0.25, -0.2) is 0 Å². The van der Waals surface area contributed by atoms with Gasteiger partial charge in [0, 0.05) is 6.04 Å². The first kappa shape index (κ1) is 13.3. The topological polar surface area (TPSA) is 78.4 Å². The normalized spacial score (nSPS) is 32.8. The zero-order valence-electron chi connectivity index (χ0n) is 10.7. The minimum absolute atomic E-state index is 0.0454. The summed E-state index contributed by atoms with van der Waals surface area (Å²) in [7, 11) is 0. The van der Waals surface area contributed by atoms with Crippen molar-refractivity contribution in [2.24, 2.45) is 5.92 Å².